The molecule has 440 valence electrons. The van der Waals surface area contributed by atoms with Crippen LogP contribution in [-0.2, 0) is 51.2 Å². The highest BCUT2D eigenvalue weighted by atomic mass is 127. The molecule has 0 unspecified atom stereocenters. The lowest BCUT2D eigenvalue weighted by molar-refractivity contribution is -0.393. The normalized spacial score (nSPS) is 14.7. The van der Waals surface area contributed by atoms with Crippen LogP contribution in [0.1, 0.15) is 64.0 Å². The molecular weight excluding hydrogens is 1190 g/mol. The van der Waals surface area contributed by atoms with Crippen LogP contribution in [0.3, 0.4) is 0 Å². The Kier molecular flexibility index (Phi) is 23.4. The predicted octanol–water partition coefficient (Wildman–Crippen LogP) is 0.256. The highest BCUT2D eigenvalue weighted by Crippen LogP contribution is 2.29. The third kappa shape index (κ3) is 18.8. The van der Waals surface area contributed by atoms with Crippen molar-refractivity contribution >= 4 is 104 Å². The topological polar surface area (TPSA) is 440 Å². The van der Waals surface area contributed by atoms with Gasteiger partial charge in [0.05, 0.1) is 36.0 Å². The largest absolute Gasteiger partial charge is 0.497 e. The van der Waals surface area contributed by atoms with E-state index >= 15 is 0 Å². The Balaban J connectivity index is 1.32. The van der Waals surface area contributed by atoms with Gasteiger partial charge in [0, 0.05) is 53.2 Å². The number of ether oxygens (including phenoxy) is 1. The number of amides is 8. The first-order valence-electron chi connectivity index (χ1n) is 25.8. The van der Waals surface area contributed by atoms with E-state index in [0.717, 1.165) is 15.7 Å². The van der Waals surface area contributed by atoms with Crippen molar-refractivity contribution in [2.24, 2.45) is 28.1 Å². The maximum atomic E-state index is 14.4. The van der Waals surface area contributed by atoms with E-state index in [1.165, 1.54) is 31.1 Å². The van der Waals surface area contributed by atoms with Crippen molar-refractivity contribution in [1.29, 1.82) is 0 Å². The molecule has 5 rings (SSSR count). The maximum absolute atomic E-state index is 14.4. The second kappa shape index (κ2) is 30.0. The van der Waals surface area contributed by atoms with Crippen molar-refractivity contribution in [2.45, 2.75) is 102 Å². The average molecular weight is 1250 g/mol. The van der Waals surface area contributed by atoms with Gasteiger partial charge in [0.1, 0.15) is 53.3 Å². The number of nitrogens with one attached hydrogen (secondary N) is 7. The van der Waals surface area contributed by atoms with Gasteiger partial charge >= 0.3 is 5.63 Å². The number of likely N-dealkylation sites (tertiary alicyclic amines) is 1. The van der Waals surface area contributed by atoms with Gasteiger partial charge in [0.15, 0.2) is 5.96 Å². The standard InChI is InChI=1S/C52H65IN14O15/c1-27(2)19-37(63-51(76)40-8-6-18-65(40)44(69)21-30-22-45(70)82-42-24-33(81-4)14-15-34(30)42)48(73)59-26-43(68)61-38(20-29-9-11-31(53)12-10-29)49(74)64-39(25-58-35-16-13-32(66(77)78)23-41(35)67(79)80)50(75)60-28(3)47(72)62-36(46(54)71)7-5-17-57-52(55)56/h9-16,22-24,27-28,36-40,58H,5-8,17-21,25-26H2,1-4H3,(H2,54,71)(H,59,73)(H,60,75)(H,61,68)(H,62,72)(H,63,76)(H,64,74)(H4,55,56,57)/t28-,36-,37-,38-,39-,40-/m0/s1. The molecule has 8 amide bonds. The minimum absolute atomic E-state index is 0.0144. The van der Waals surface area contributed by atoms with Crippen molar-refractivity contribution in [3.05, 3.63) is 112 Å². The Hall–Kier alpha value is -8.97. The zero-order valence-corrected chi connectivity index (χ0v) is 47.4. The second-order valence-electron chi connectivity index (χ2n) is 19.5. The first kappa shape index (κ1) is 63.9. The number of benzene rings is 3. The molecule has 1 fully saturated rings. The van der Waals surface area contributed by atoms with Gasteiger partial charge < -0.3 is 68.5 Å². The van der Waals surface area contributed by atoms with Crippen LogP contribution < -0.4 is 64.8 Å². The number of nitro groups is 2. The summed E-state index contributed by atoms with van der Waals surface area (Å²) in [6.45, 7) is 3.84. The van der Waals surface area contributed by atoms with Crippen molar-refractivity contribution in [2.75, 3.05) is 38.6 Å². The monoisotopic (exact) mass is 1250 g/mol. The zero-order chi connectivity index (χ0) is 60.4. The van der Waals surface area contributed by atoms with E-state index in [1.54, 1.807) is 50.2 Å². The van der Waals surface area contributed by atoms with Gasteiger partial charge in [-0.3, -0.25) is 63.6 Å². The van der Waals surface area contributed by atoms with Gasteiger partial charge in [0.2, 0.25) is 47.3 Å². The molecule has 1 saturated heterocycles. The molecular formula is C52H65IN14O15. The molecule has 0 spiro atoms. The van der Waals surface area contributed by atoms with Crippen LogP contribution in [0.25, 0.3) is 11.0 Å². The number of anilines is 1. The molecule has 6 atom stereocenters. The van der Waals surface area contributed by atoms with Crippen LogP contribution in [0, 0.1) is 29.7 Å². The van der Waals surface area contributed by atoms with Crippen molar-refractivity contribution in [3.8, 4) is 5.75 Å². The van der Waals surface area contributed by atoms with Crippen LogP contribution in [0.15, 0.2) is 80.9 Å². The first-order valence-corrected chi connectivity index (χ1v) is 26.9. The number of hydrogen-bond acceptors (Lipinski definition) is 17. The van der Waals surface area contributed by atoms with Gasteiger partial charge in [0.25, 0.3) is 11.4 Å². The first-order chi connectivity index (χ1) is 38.8. The number of rotatable bonds is 29. The van der Waals surface area contributed by atoms with Crippen molar-refractivity contribution in [3.63, 3.8) is 0 Å². The summed E-state index contributed by atoms with van der Waals surface area (Å²) < 4.78 is 11.4. The number of methoxy groups -OCH3 is 1. The van der Waals surface area contributed by atoms with E-state index in [2.05, 4.69) is 64.8 Å². The van der Waals surface area contributed by atoms with E-state index in [9.17, 15) is 63.4 Å². The number of guanidine groups is 1. The molecule has 0 saturated carbocycles. The summed E-state index contributed by atoms with van der Waals surface area (Å²) in [5.74, 6) is -6.46. The highest BCUT2D eigenvalue weighted by molar-refractivity contribution is 14.1. The third-order valence-corrected chi connectivity index (χ3v) is 13.6. The number of fused-ring (bicyclic) bond motifs is 1. The number of hydrogen-bond donors (Lipinski definition) is 10. The third-order valence-electron chi connectivity index (χ3n) is 12.9. The summed E-state index contributed by atoms with van der Waals surface area (Å²) in [4.78, 5) is 149. The van der Waals surface area contributed by atoms with Gasteiger partial charge in [-0.2, -0.15) is 0 Å². The average Bonchev–Trinajstić information content (AvgIpc) is 4.00. The van der Waals surface area contributed by atoms with E-state index in [4.69, 9.17) is 26.4 Å². The summed E-state index contributed by atoms with van der Waals surface area (Å²) in [5, 5.41) is 41.8. The fourth-order valence-electron chi connectivity index (χ4n) is 8.75. The fourth-order valence-corrected chi connectivity index (χ4v) is 9.11. The van der Waals surface area contributed by atoms with Gasteiger partial charge in [-0.25, -0.2) is 4.79 Å². The number of nitrogens with two attached hydrogens (primary N) is 3. The lowest BCUT2D eigenvalue weighted by atomic mass is 10.0. The number of nitro benzene ring substituents is 2. The maximum Gasteiger partial charge on any atom is 0.336 e. The molecule has 0 bridgehead atoms. The molecule has 4 aromatic rings. The number of halogens is 1. The number of aliphatic imine (C=N–C) groups is 1. The second-order valence-corrected chi connectivity index (χ2v) is 20.8. The predicted molar refractivity (Wildman–Crippen MR) is 305 cm³/mol. The molecule has 2 heterocycles. The highest BCUT2D eigenvalue weighted by Gasteiger charge is 2.37. The number of primary amides is 1. The Labute approximate surface area is 482 Å². The van der Waals surface area contributed by atoms with Crippen LogP contribution in [-0.4, -0.2) is 138 Å². The number of non-ortho nitro benzene ring substituents is 1. The van der Waals surface area contributed by atoms with Crippen LogP contribution >= 0.6 is 22.6 Å². The Morgan fingerprint density at radius 3 is 2.16 bits per heavy atom. The molecule has 1 aliphatic heterocycles. The molecule has 0 aliphatic carbocycles. The Bertz CT molecular complexity index is 3130. The number of carbonyl (C=O) groups is 8. The quantitative estimate of drug-likeness (QED) is 0.00663. The number of nitrogens with zero attached hydrogens (tertiary/aromatic N) is 4. The molecule has 1 aromatic heterocycles. The summed E-state index contributed by atoms with van der Waals surface area (Å²) in [5.41, 5.74) is 15.0. The molecule has 1 aliphatic rings. The smallest absolute Gasteiger partial charge is 0.336 e. The van der Waals surface area contributed by atoms with Crippen LogP contribution in [0.5, 0.6) is 5.75 Å². The summed E-state index contributed by atoms with van der Waals surface area (Å²) in [6, 6.07) is 7.54. The fraction of sp³-hybridized carbons (Fsp3) is 0.423. The van der Waals surface area contributed by atoms with E-state index < -0.39 is 123 Å². The Morgan fingerprint density at radius 1 is 0.817 bits per heavy atom. The van der Waals surface area contributed by atoms with Crippen LogP contribution in [0.2, 0.25) is 0 Å². The molecule has 0 radical (unpaired) electrons. The molecule has 3 aromatic carbocycles. The lowest BCUT2D eigenvalue weighted by Gasteiger charge is -2.27. The van der Waals surface area contributed by atoms with Crippen molar-refractivity contribution in [1.82, 2.24) is 36.8 Å². The minimum atomic E-state index is -1.71. The van der Waals surface area contributed by atoms with Crippen LogP contribution in [0.4, 0.5) is 17.1 Å². The number of carbonyl (C=O) groups excluding carboxylic acids is 8. The minimum Gasteiger partial charge on any atom is -0.497 e. The molecule has 13 N–H and O–H groups in total. The van der Waals surface area contributed by atoms with E-state index in [0.29, 0.717) is 34.7 Å². The summed E-state index contributed by atoms with van der Waals surface area (Å²) in [6.07, 6.45) is 0.679. The van der Waals surface area contributed by atoms with E-state index in [1.807, 2.05) is 0 Å². The molecule has 30 heteroatoms. The lowest BCUT2D eigenvalue weighted by Crippen LogP contribution is -2.59. The van der Waals surface area contributed by atoms with E-state index in [-0.39, 0.29) is 74.8 Å². The SMILES string of the molecule is COc1ccc2c(CC(=O)N3CCC[C@H]3C(=O)N[C@@H](CC(C)C)C(=O)NCC(=O)N[C@@H](Cc3ccc(I)cc3)C(=O)N[C@@H](CNc3ccc([N+](=O)[O-])cc3[N+](=O)[O-])C(=O)N[C@@H](C)C(=O)N[C@@H](CCCN=C(N)N)C(N)=O)cc(=O)oc2c1. The van der Waals surface area contributed by atoms with Crippen molar-refractivity contribution < 1.29 is 57.4 Å². The summed E-state index contributed by atoms with van der Waals surface area (Å²) in [7, 11) is 1.45. The van der Waals surface area contributed by atoms with Gasteiger partial charge in [-0.05, 0) is 109 Å². The summed E-state index contributed by atoms with van der Waals surface area (Å²) >= 11 is 2.06. The molecule has 82 heavy (non-hydrogen) atoms. The Morgan fingerprint density at radius 2 is 1.51 bits per heavy atom. The van der Waals surface area contributed by atoms with Gasteiger partial charge in [-0.1, -0.05) is 26.0 Å². The zero-order valence-electron chi connectivity index (χ0n) is 45.2. The van der Waals surface area contributed by atoms with Gasteiger partial charge in [-0.15, -0.1) is 0 Å². The molecule has 29 nitrogen and oxygen atoms in total.